The number of cyclic esters (lactones) is 1. The van der Waals surface area contributed by atoms with E-state index in [2.05, 4.69) is 16.4 Å². The Hall–Kier alpha value is -3.11. The van der Waals surface area contributed by atoms with Gasteiger partial charge in [0, 0.05) is 41.6 Å². The number of carbonyl (C=O) groups excluding carboxylic acids is 1. The molecule has 0 unspecified atom stereocenters. The lowest BCUT2D eigenvalue weighted by Gasteiger charge is -2.50. The summed E-state index contributed by atoms with van der Waals surface area (Å²) >= 11 is 0. The summed E-state index contributed by atoms with van der Waals surface area (Å²) in [7, 11) is 0. The minimum atomic E-state index is -3.01. The quantitative estimate of drug-likeness (QED) is 0.587. The van der Waals surface area contributed by atoms with Crippen LogP contribution in [0.25, 0.3) is 17.2 Å². The molecule has 0 amide bonds. The SMILES string of the molecule is C[C@H]1OC(=O)[C@]2(NC3CCC3)CC(F)(F)[C@@H](C)[C@H](/C=C/c3ccc(-c4ccccc4C#N)cn3)[C@H]12. The molecule has 7 heteroatoms. The molecule has 1 saturated heterocycles. The first-order valence-electron chi connectivity index (χ1n) is 12.3. The lowest BCUT2D eigenvalue weighted by atomic mass is 9.60. The molecular weight excluding hydrogens is 448 g/mol. The number of allylic oxidation sites excluding steroid dienone is 1. The molecule has 0 radical (unpaired) electrons. The fourth-order valence-corrected chi connectivity index (χ4v) is 5.96. The number of halogens is 2. The van der Waals surface area contributed by atoms with Gasteiger partial charge >= 0.3 is 5.97 Å². The second-order valence-electron chi connectivity index (χ2n) is 10.2. The van der Waals surface area contributed by atoms with Crippen LogP contribution in [-0.4, -0.2) is 34.6 Å². The number of hydrogen-bond acceptors (Lipinski definition) is 5. The smallest absolute Gasteiger partial charge is 0.327 e. The van der Waals surface area contributed by atoms with E-state index in [1.54, 1.807) is 31.3 Å². The molecule has 1 aromatic heterocycles. The third kappa shape index (κ3) is 4.04. The van der Waals surface area contributed by atoms with Crippen molar-refractivity contribution in [3.05, 3.63) is 59.9 Å². The second-order valence-corrected chi connectivity index (χ2v) is 10.2. The Bertz CT molecular complexity index is 1190. The van der Waals surface area contributed by atoms with Crippen molar-refractivity contribution in [2.75, 3.05) is 0 Å². The Labute approximate surface area is 204 Å². The number of aromatic nitrogens is 1. The molecule has 3 fully saturated rings. The summed E-state index contributed by atoms with van der Waals surface area (Å²) in [6, 6.07) is 13.2. The first kappa shape index (κ1) is 23.6. The van der Waals surface area contributed by atoms with Crippen molar-refractivity contribution < 1.29 is 18.3 Å². The van der Waals surface area contributed by atoms with Crippen LogP contribution in [0.15, 0.2) is 48.7 Å². The topological polar surface area (TPSA) is 75.0 Å². The molecule has 2 heterocycles. The molecule has 3 aliphatic rings. The molecule has 1 aromatic carbocycles. The van der Waals surface area contributed by atoms with Gasteiger partial charge in [-0.25, -0.2) is 8.78 Å². The van der Waals surface area contributed by atoms with Gasteiger partial charge in [-0.3, -0.25) is 15.1 Å². The van der Waals surface area contributed by atoms with Crippen LogP contribution < -0.4 is 5.32 Å². The van der Waals surface area contributed by atoms with Crippen molar-refractivity contribution in [3.63, 3.8) is 0 Å². The number of fused-ring (bicyclic) bond motifs is 1. The highest BCUT2D eigenvalue weighted by Crippen LogP contribution is 2.55. The highest BCUT2D eigenvalue weighted by molar-refractivity contribution is 5.84. The van der Waals surface area contributed by atoms with Crippen molar-refractivity contribution in [1.29, 1.82) is 5.26 Å². The van der Waals surface area contributed by atoms with Crippen molar-refractivity contribution in [2.45, 2.75) is 63.1 Å². The Morgan fingerprint density at radius 2 is 1.97 bits per heavy atom. The van der Waals surface area contributed by atoms with Crippen LogP contribution in [0.5, 0.6) is 0 Å². The average molecular weight is 478 g/mol. The standard InChI is InChI=1S/C28H29F2N3O2/c1-17-23(13-12-21-11-10-20(15-32-21)24-9-4-3-6-19(24)14-31)25-18(2)35-26(34)27(25,16-28(17,29)30)33-22-7-5-8-22/h3-4,6,9-13,15,17-18,22-23,25,33H,5,7-8,16H2,1-2H3/b13-12+/t17-,18+,23-,25-,27-/m0/s1. The molecule has 2 aliphatic carbocycles. The van der Waals surface area contributed by atoms with Gasteiger partial charge in [-0.05, 0) is 43.9 Å². The van der Waals surface area contributed by atoms with Crippen LogP contribution >= 0.6 is 0 Å². The summed E-state index contributed by atoms with van der Waals surface area (Å²) in [5.74, 6) is -5.45. The minimum absolute atomic E-state index is 0.0784. The third-order valence-electron chi connectivity index (χ3n) is 8.11. The molecule has 2 aromatic rings. The minimum Gasteiger partial charge on any atom is -0.461 e. The summed E-state index contributed by atoms with van der Waals surface area (Å²) in [6.07, 6.45) is 7.06. The van der Waals surface area contributed by atoms with Crippen LogP contribution in [0.4, 0.5) is 8.78 Å². The largest absolute Gasteiger partial charge is 0.461 e. The zero-order valence-electron chi connectivity index (χ0n) is 19.9. The number of nitriles is 1. The first-order chi connectivity index (χ1) is 16.7. The van der Waals surface area contributed by atoms with E-state index >= 15 is 8.78 Å². The highest BCUT2D eigenvalue weighted by Gasteiger charge is 2.68. The van der Waals surface area contributed by atoms with E-state index in [0.29, 0.717) is 11.3 Å². The van der Waals surface area contributed by atoms with Crippen molar-refractivity contribution in [1.82, 2.24) is 10.3 Å². The third-order valence-corrected chi connectivity index (χ3v) is 8.11. The number of rotatable bonds is 5. The zero-order chi connectivity index (χ0) is 24.8. The van der Waals surface area contributed by atoms with E-state index in [0.717, 1.165) is 30.4 Å². The van der Waals surface area contributed by atoms with Gasteiger partial charge in [0.1, 0.15) is 11.6 Å². The van der Waals surface area contributed by atoms with E-state index in [1.807, 2.05) is 37.3 Å². The second kappa shape index (κ2) is 8.83. The molecule has 5 atom stereocenters. The maximum Gasteiger partial charge on any atom is 0.327 e. The molecule has 0 bridgehead atoms. The van der Waals surface area contributed by atoms with Crippen molar-refractivity contribution in [2.24, 2.45) is 17.8 Å². The van der Waals surface area contributed by atoms with Crippen LogP contribution in [-0.2, 0) is 9.53 Å². The monoisotopic (exact) mass is 477 g/mol. The molecule has 0 spiro atoms. The van der Waals surface area contributed by atoms with Gasteiger partial charge in [0.05, 0.1) is 17.3 Å². The molecule has 5 rings (SSSR count). The van der Waals surface area contributed by atoms with Crippen LogP contribution in [0.2, 0.25) is 0 Å². The first-order valence-corrected chi connectivity index (χ1v) is 12.3. The van der Waals surface area contributed by atoms with E-state index < -0.39 is 41.8 Å². The Morgan fingerprint density at radius 3 is 2.63 bits per heavy atom. The van der Waals surface area contributed by atoms with Gasteiger partial charge < -0.3 is 4.74 Å². The molecule has 2 saturated carbocycles. The number of nitrogens with one attached hydrogen (secondary N) is 1. The summed E-state index contributed by atoms with van der Waals surface area (Å²) in [5.41, 5.74) is 1.42. The number of ether oxygens (including phenoxy) is 1. The summed E-state index contributed by atoms with van der Waals surface area (Å²) in [5, 5.41) is 12.7. The molecule has 182 valence electrons. The van der Waals surface area contributed by atoms with E-state index in [-0.39, 0.29) is 12.0 Å². The summed E-state index contributed by atoms with van der Waals surface area (Å²) in [6.45, 7) is 3.37. The van der Waals surface area contributed by atoms with Gasteiger partial charge in [-0.1, -0.05) is 43.7 Å². The number of carbonyl (C=O) groups is 1. The zero-order valence-corrected chi connectivity index (χ0v) is 19.9. The summed E-state index contributed by atoms with van der Waals surface area (Å²) < 4.78 is 36.2. The fourth-order valence-electron chi connectivity index (χ4n) is 5.96. The number of esters is 1. The number of hydrogen-bond donors (Lipinski definition) is 1. The molecule has 5 nitrogen and oxygen atoms in total. The molecule has 1 N–H and O–H groups in total. The van der Waals surface area contributed by atoms with Gasteiger partial charge in [0.25, 0.3) is 5.92 Å². The predicted octanol–water partition coefficient (Wildman–Crippen LogP) is 5.37. The van der Waals surface area contributed by atoms with Gasteiger partial charge in [0.2, 0.25) is 0 Å². The van der Waals surface area contributed by atoms with E-state index in [9.17, 15) is 10.1 Å². The number of nitrogens with zero attached hydrogens (tertiary/aromatic N) is 2. The van der Waals surface area contributed by atoms with Crippen LogP contribution in [0, 0.1) is 29.1 Å². The normalized spacial score (nSPS) is 32.0. The lowest BCUT2D eigenvalue weighted by Crippen LogP contribution is -2.67. The average Bonchev–Trinajstić information content (AvgIpc) is 3.05. The fraction of sp³-hybridized carbons (Fsp3) is 0.464. The Balaban J connectivity index is 1.44. The Morgan fingerprint density at radius 1 is 1.20 bits per heavy atom. The van der Waals surface area contributed by atoms with Crippen LogP contribution in [0.1, 0.15) is 50.8 Å². The molecule has 35 heavy (non-hydrogen) atoms. The molecule has 1 aliphatic heterocycles. The number of benzene rings is 1. The number of alkyl halides is 2. The maximum atomic E-state index is 15.3. The van der Waals surface area contributed by atoms with E-state index in [4.69, 9.17) is 4.74 Å². The van der Waals surface area contributed by atoms with Gasteiger partial charge in [-0.2, -0.15) is 5.26 Å². The highest BCUT2D eigenvalue weighted by atomic mass is 19.3. The maximum absolute atomic E-state index is 15.3. The Kier molecular flexibility index (Phi) is 5.96. The lowest BCUT2D eigenvalue weighted by molar-refractivity contribution is -0.161. The van der Waals surface area contributed by atoms with Crippen molar-refractivity contribution >= 4 is 12.0 Å². The summed E-state index contributed by atoms with van der Waals surface area (Å²) in [4.78, 5) is 17.5. The van der Waals surface area contributed by atoms with Crippen LogP contribution in [0.3, 0.4) is 0 Å². The predicted molar refractivity (Wildman–Crippen MR) is 128 cm³/mol. The van der Waals surface area contributed by atoms with Crippen molar-refractivity contribution in [3.8, 4) is 17.2 Å². The van der Waals surface area contributed by atoms with E-state index in [1.165, 1.54) is 0 Å². The number of pyridine rings is 1. The molecular formula is C28H29F2N3O2. The van der Waals surface area contributed by atoms with Gasteiger partial charge in [-0.15, -0.1) is 0 Å². The van der Waals surface area contributed by atoms with Gasteiger partial charge in [0.15, 0.2) is 0 Å².